The van der Waals surface area contributed by atoms with E-state index in [1.165, 1.54) is 0 Å². The standard InChI is InChI=1S/C23H33N5O/c1-4-12-27(13-5-2)21-18-20(23(29)28-16-14-26(6-3)15-17-28)24-22(25-21)19-10-8-7-9-11-19/h7-11,18H,4-6,12-17H2,1-3H3. The second-order valence-corrected chi connectivity index (χ2v) is 7.51. The molecule has 1 amide bonds. The number of hydrogen-bond acceptors (Lipinski definition) is 5. The van der Waals surface area contributed by atoms with Crippen molar-refractivity contribution in [3.8, 4) is 11.4 Å². The minimum absolute atomic E-state index is 0.00883. The van der Waals surface area contributed by atoms with Crippen LogP contribution in [0.15, 0.2) is 36.4 Å². The third-order valence-corrected chi connectivity index (χ3v) is 5.38. The highest BCUT2D eigenvalue weighted by molar-refractivity contribution is 5.93. The largest absolute Gasteiger partial charge is 0.357 e. The summed E-state index contributed by atoms with van der Waals surface area (Å²) in [7, 11) is 0. The molecule has 29 heavy (non-hydrogen) atoms. The van der Waals surface area contributed by atoms with Crippen molar-refractivity contribution < 1.29 is 4.79 Å². The van der Waals surface area contributed by atoms with Crippen LogP contribution in [0.4, 0.5) is 5.82 Å². The van der Waals surface area contributed by atoms with Crippen LogP contribution in [-0.2, 0) is 0 Å². The molecule has 0 spiro atoms. The van der Waals surface area contributed by atoms with Crippen LogP contribution >= 0.6 is 0 Å². The van der Waals surface area contributed by atoms with E-state index >= 15 is 0 Å². The zero-order valence-electron chi connectivity index (χ0n) is 18.0. The fourth-order valence-electron chi connectivity index (χ4n) is 3.73. The molecule has 1 saturated heterocycles. The van der Waals surface area contributed by atoms with Gasteiger partial charge in [0.05, 0.1) is 0 Å². The summed E-state index contributed by atoms with van der Waals surface area (Å²) in [4.78, 5) is 29.3. The Balaban J connectivity index is 1.94. The summed E-state index contributed by atoms with van der Waals surface area (Å²) >= 11 is 0. The Morgan fingerprint density at radius 1 is 0.966 bits per heavy atom. The Morgan fingerprint density at radius 2 is 1.62 bits per heavy atom. The smallest absolute Gasteiger partial charge is 0.272 e. The SMILES string of the molecule is CCCN(CCC)c1cc(C(=O)N2CCN(CC)CC2)nc(-c2ccccc2)n1. The maximum absolute atomic E-state index is 13.3. The van der Waals surface area contributed by atoms with Gasteiger partial charge in [-0.3, -0.25) is 4.79 Å². The zero-order chi connectivity index (χ0) is 20.6. The fourth-order valence-corrected chi connectivity index (χ4v) is 3.73. The van der Waals surface area contributed by atoms with Crippen molar-refractivity contribution in [1.29, 1.82) is 0 Å². The average Bonchev–Trinajstić information content (AvgIpc) is 2.79. The highest BCUT2D eigenvalue weighted by Crippen LogP contribution is 2.22. The maximum atomic E-state index is 13.3. The van der Waals surface area contributed by atoms with Crippen LogP contribution in [-0.4, -0.2) is 71.5 Å². The number of likely N-dealkylation sites (N-methyl/N-ethyl adjacent to an activating group) is 1. The van der Waals surface area contributed by atoms with Gasteiger partial charge in [-0.05, 0) is 19.4 Å². The number of benzene rings is 1. The van der Waals surface area contributed by atoms with Crippen LogP contribution in [0.25, 0.3) is 11.4 Å². The fraction of sp³-hybridized carbons (Fsp3) is 0.522. The predicted molar refractivity (Wildman–Crippen MR) is 118 cm³/mol. The van der Waals surface area contributed by atoms with Gasteiger partial charge in [0, 0.05) is 50.9 Å². The minimum Gasteiger partial charge on any atom is -0.357 e. The lowest BCUT2D eigenvalue weighted by molar-refractivity contribution is 0.0637. The topological polar surface area (TPSA) is 52.6 Å². The van der Waals surface area contributed by atoms with Crippen molar-refractivity contribution in [2.45, 2.75) is 33.6 Å². The van der Waals surface area contributed by atoms with Crippen LogP contribution in [0.5, 0.6) is 0 Å². The molecule has 2 aromatic rings. The summed E-state index contributed by atoms with van der Waals surface area (Å²) in [6.07, 6.45) is 2.07. The van der Waals surface area contributed by atoms with Crippen LogP contribution < -0.4 is 4.90 Å². The van der Waals surface area contributed by atoms with Gasteiger partial charge in [-0.25, -0.2) is 9.97 Å². The second kappa shape index (κ2) is 10.3. The molecule has 0 atom stereocenters. The van der Waals surface area contributed by atoms with E-state index in [1.54, 1.807) is 0 Å². The van der Waals surface area contributed by atoms with Crippen LogP contribution in [0, 0.1) is 0 Å². The summed E-state index contributed by atoms with van der Waals surface area (Å²) in [6.45, 7) is 12.7. The molecular formula is C23H33N5O. The first-order valence-corrected chi connectivity index (χ1v) is 10.9. The molecule has 1 aromatic heterocycles. The van der Waals surface area contributed by atoms with Gasteiger partial charge in [0.15, 0.2) is 5.82 Å². The van der Waals surface area contributed by atoms with Crippen molar-refractivity contribution >= 4 is 11.7 Å². The van der Waals surface area contributed by atoms with Gasteiger partial charge in [0.25, 0.3) is 5.91 Å². The molecule has 6 heteroatoms. The van der Waals surface area contributed by atoms with E-state index in [9.17, 15) is 4.79 Å². The van der Waals surface area contributed by atoms with E-state index in [-0.39, 0.29) is 5.91 Å². The van der Waals surface area contributed by atoms with Crippen molar-refractivity contribution in [3.05, 3.63) is 42.1 Å². The number of rotatable bonds is 8. The Labute approximate surface area is 174 Å². The molecule has 0 aliphatic carbocycles. The molecule has 0 saturated carbocycles. The first-order chi connectivity index (χ1) is 14.2. The second-order valence-electron chi connectivity index (χ2n) is 7.51. The Hall–Kier alpha value is -2.47. The number of hydrogen-bond donors (Lipinski definition) is 0. The van der Waals surface area contributed by atoms with Crippen LogP contribution in [0.1, 0.15) is 44.1 Å². The minimum atomic E-state index is 0.00883. The van der Waals surface area contributed by atoms with E-state index < -0.39 is 0 Å². The number of piperazine rings is 1. The monoisotopic (exact) mass is 395 g/mol. The van der Waals surface area contributed by atoms with Gasteiger partial charge >= 0.3 is 0 Å². The lowest BCUT2D eigenvalue weighted by Crippen LogP contribution is -2.48. The normalized spacial score (nSPS) is 14.8. The van der Waals surface area contributed by atoms with E-state index in [4.69, 9.17) is 4.98 Å². The summed E-state index contributed by atoms with van der Waals surface area (Å²) in [5, 5.41) is 0. The number of carbonyl (C=O) groups excluding carboxylic acids is 1. The number of nitrogens with zero attached hydrogens (tertiary/aromatic N) is 5. The van der Waals surface area contributed by atoms with Gasteiger partial charge in [0.2, 0.25) is 0 Å². The summed E-state index contributed by atoms with van der Waals surface area (Å²) in [6, 6.07) is 11.8. The molecule has 0 N–H and O–H groups in total. The van der Waals surface area contributed by atoms with Gasteiger partial charge in [-0.15, -0.1) is 0 Å². The molecule has 156 valence electrons. The van der Waals surface area contributed by atoms with Crippen LogP contribution in [0.3, 0.4) is 0 Å². The molecule has 1 aliphatic rings. The molecule has 2 heterocycles. The lowest BCUT2D eigenvalue weighted by atomic mass is 10.2. The van der Waals surface area contributed by atoms with Gasteiger partial charge in [-0.2, -0.15) is 0 Å². The summed E-state index contributed by atoms with van der Waals surface area (Å²) < 4.78 is 0. The number of carbonyl (C=O) groups is 1. The zero-order valence-corrected chi connectivity index (χ0v) is 18.0. The lowest BCUT2D eigenvalue weighted by Gasteiger charge is -2.34. The Bertz CT molecular complexity index is 781. The van der Waals surface area contributed by atoms with Crippen LogP contribution in [0.2, 0.25) is 0 Å². The molecule has 1 aromatic carbocycles. The molecule has 6 nitrogen and oxygen atoms in total. The Morgan fingerprint density at radius 3 is 2.21 bits per heavy atom. The van der Waals surface area contributed by atoms with E-state index in [2.05, 4.69) is 35.6 Å². The number of anilines is 1. The van der Waals surface area contributed by atoms with E-state index in [0.29, 0.717) is 11.5 Å². The van der Waals surface area contributed by atoms with Crippen molar-refractivity contribution in [2.24, 2.45) is 0 Å². The van der Waals surface area contributed by atoms with Crippen molar-refractivity contribution in [2.75, 3.05) is 50.7 Å². The Kier molecular flexibility index (Phi) is 7.58. The molecule has 1 aliphatic heterocycles. The molecule has 0 unspecified atom stereocenters. The summed E-state index contributed by atoms with van der Waals surface area (Å²) in [5.74, 6) is 1.48. The third-order valence-electron chi connectivity index (χ3n) is 5.38. The predicted octanol–water partition coefficient (Wildman–Crippen LogP) is 3.55. The molecule has 1 fully saturated rings. The van der Waals surface area contributed by atoms with Crippen molar-refractivity contribution in [1.82, 2.24) is 19.8 Å². The highest BCUT2D eigenvalue weighted by atomic mass is 16.2. The maximum Gasteiger partial charge on any atom is 0.272 e. The quantitative estimate of drug-likeness (QED) is 0.684. The molecule has 0 bridgehead atoms. The van der Waals surface area contributed by atoms with Gasteiger partial charge < -0.3 is 14.7 Å². The summed E-state index contributed by atoms with van der Waals surface area (Å²) in [5.41, 5.74) is 1.43. The average molecular weight is 396 g/mol. The first kappa shape index (κ1) is 21.2. The van der Waals surface area contributed by atoms with Gasteiger partial charge in [0.1, 0.15) is 11.5 Å². The van der Waals surface area contributed by atoms with Crippen molar-refractivity contribution in [3.63, 3.8) is 0 Å². The third kappa shape index (κ3) is 5.32. The van der Waals surface area contributed by atoms with Gasteiger partial charge in [-0.1, -0.05) is 51.1 Å². The van der Waals surface area contributed by atoms with E-state index in [1.807, 2.05) is 41.3 Å². The first-order valence-electron chi connectivity index (χ1n) is 10.9. The number of amides is 1. The van der Waals surface area contributed by atoms with E-state index in [0.717, 1.165) is 70.0 Å². The molecular weight excluding hydrogens is 362 g/mol. The number of aromatic nitrogens is 2. The molecule has 3 rings (SSSR count). The highest BCUT2D eigenvalue weighted by Gasteiger charge is 2.24. The molecule has 0 radical (unpaired) electrons.